The highest BCUT2D eigenvalue weighted by atomic mass is 19.4. The van der Waals surface area contributed by atoms with Crippen molar-refractivity contribution in [2.75, 3.05) is 20.2 Å². The third-order valence-electron chi connectivity index (χ3n) is 5.42. The van der Waals surface area contributed by atoms with Gasteiger partial charge in [0.05, 0.1) is 13.7 Å². The van der Waals surface area contributed by atoms with Crippen molar-refractivity contribution in [3.05, 3.63) is 52.8 Å². The maximum Gasteiger partial charge on any atom is 0.406 e. The molecule has 28 heavy (non-hydrogen) atoms. The third kappa shape index (κ3) is 4.41. The lowest BCUT2D eigenvalue weighted by atomic mass is 10.0. The maximum atomic E-state index is 12.9. The van der Waals surface area contributed by atoms with Crippen LogP contribution >= 0.6 is 0 Å². The van der Waals surface area contributed by atoms with Gasteiger partial charge in [0.1, 0.15) is 12.3 Å². The van der Waals surface area contributed by atoms with E-state index >= 15 is 0 Å². The van der Waals surface area contributed by atoms with Crippen LogP contribution < -0.4 is 4.74 Å². The first-order chi connectivity index (χ1) is 13.2. The number of ketones is 1. The molecule has 1 atom stereocenters. The second kappa shape index (κ2) is 7.99. The highest BCUT2D eigenvalue weighted by molar-refractivity contribution is 5.99. The molecule has 1 aliphatic heterocycles. The Balaban J connectivity index is 1.75. The number of carbonyl (C=O) groups excluding carboxylic acids is 1. The molecule has 0 radical (unpaired) electrons. The number of Topliss-reactive ketones (excluding diaryl/α,β-unsaturated/α-hetero) is 1. The Labute approximate surface area is 162 Å². The molecule has 1 aliphatic rings. The van der Waals surface area contributed by atoms with Crippen LogP contribution in [0.1, 0.15) is 46.2 Å². The molecule has 1 unspecified atom stereocenters. The molecule has 1 saturated heterocycles. The first-order valence-corrected chi connectivity index (χ1v) is 9.34. The Bertz CT molecular complexity index is 841. The molecule has 0 bridgehead atoms. The van der Waals surface area contributed by atoms with Crippen LogP contribution in [0.15, 0.2) is 30.3 Å². The monoisotopic (exact) mass is 394 g/mol. The largest absolute Gasteiger partial charge is 0.497 e. The first-order valence-electron chi connectivity index (χ1n) is 9.34. The van der Waals surface area contributed by atoms with E-state index in [1.54, 1.807) is 27.0 Å². The van der Waals surface area contributed by atoms with Crippen molar-refractivity contribution in [1.29, 1.82) is 0 Å². The van der Waals surface area contributed by atoms with E-state index in [0.29, 0.717) is 17.0 Å². The summed E-state index contributed by atoms with van der Waals surface area (Å²) < 4.78 is 44.8. The molecule has 1 aromatic carbocycles. The fourth-order valence-corrected chi connectivity index (χ4v) is 3.99. The third-order valence-corrected chi connectivity index (χ3v) is 5.42. The van der Waals surface area contributed by atoms with Gasteiger partial charge in [0.25, 0.3) is 0 Å². The van der Waals surface area contributed by atoms with Crippen molar-refractivity contribution in [3.63, 3.8) is 0 Å². The summed E-state index contributed by atoms with van der Waals surface area (Å²) in [5.41, 5.74) is 2.32. The Hall–Kier alpha value is -2.28. The fourth-order valence-electron chi connectivity index (χ4n) is 3.99. The Morgan fingerprint density at radius 3 is 2.50 bits per heavy atom. The SMILES string of the molecule is COc1ccc(C2CCCN2CC(=O)c2cc(C)n(CC(F)(F)F)c2C)cc1. The summed E-state index contributed by atoms with van der Waals surface area (Å²) in [7, 11) is 1.62. The second-order valence-corrected chi connectivity index (χ2v) is 7.31. The number of likely N-dealkylation sites (tertiary alicyclic amines) is 1. The molecule has 0 saturated carbocycles. The summed E-state index contributed by atoms with van der Waals surface area (Å²) in [5, 5.41) is 0. The van der Waals surface area contributed by atoms with Gasteiger partial charge >= 0.3 is 6.18 Å². The Morgan fingerprint density at radius 2 is 1.89 bits per heavy atom. The van der Waals surface area contributed by atoms with Gasteiger partial charge in [-0.3, -0.25) is 9.69 Å². The zero-order valence-corrected chi connectivity index (χ0v) is 16.3. The topological polar surface area (TPSA) is 34.5 Å². The summed E-state index contributed by atoms with van der Waals surface area (Å²) in [6.07, 6.45) is -2.38. The lowest BCUT2D eigenvalue weighted by Gasteiger charge is -2.24. The van der Waals surface area contributed by atoms with Gasteiger partial charge in [-0.15, -0.1) is 0 Å². The van der Waals surface area contributed by atoms with Crippen LogP contribution in [0.5, 0.6) is 5.75 Å². The lowest BCUT2D eigenvalue weighted by Crippen LogP contribution is -2.30. The number of hydrogen-bond acceptors (Lipinski definition) is 3. The minimum absolute atomic E-state index is 0.133. The van der Waals surface area contributed by atoms with E-state index in [2.05, 4.69) is 4.90 Å². The number of methoxy groups -OCH3 is 1. The number of hydrogen-bond donors (Lipinski definition) is 0. The molecule has 2 aromatic rings. The van der Waals surface area contributed by atoms with Crippen molar-refractivity contribution in [3.8, 4) is 5.75 Å². The number of halogens is 3. The predicted octanol–water partition coefficient (Wildman–Crippen LogP) is 4.70. The predicted molar refractivity (Wildman–Crippen MR) is 101 cm³/mol. The average Bonchev–Trinajstić information content (AvgIpc) is 3.20. The van der Waals surface area contributed by atoms with Gasteiger partial charge in [-0.2, -0.15) is 13.2 Å². The summed E-state index contributed by atoms with van der Waals surface area (Å²) in [6, 6.07) is 9.51. The molecule has 4 nitrogen and oxygen atoms in total. The van der Waals surface area contributed by atoms with Crippen molar-refractivity contribution < 1.29 is 22.7 Å². The van der Waals surface area contributed by atoms with E-state index in [4.69, 9.17) is 4.74 Å². The quantitative estimate of drug-likeness (QED) is 0.667. The molecule has 2 heterocycles. The van der Waals surface area contributed by atoms with Crippen LogP contribution in [0.3, 0.4) is 0 Å². The van der Waals surface area contributed by atoms with Gasteiger partial charge in [-0.25, -0.2) is 0 Å². The fraction of sp³-hybridized carbons (Fsp3) is 0.476. The highest BCUT2D eigenvalue weighted by Crippen LogP contribution is 2.33. The normalized spacial score (nSPS) is 17.9. The number of benzene rings is 1. The molecule has 1 aromatic heterocycles. The second-order valence-electron chi connectivity index (χ2n) is 7.31. The van der Waals surface area contributed by atoms with E-state index in [0.717, 1.165) is 35.3 Å². The molecule has 0 aliphatic carbocycles. The van der Waals surface area contributed by atoms with E-state index < -0.39 is 12.7 Å². The number of rotatable bonds is 6. The van der Waals surface area contributed by atoms with Crippen LogP contribution in [0.2, 0.25) is 0 Å². The summed E-state index contributed by atoms with van der Waals surface area (Å²) in [6.45, 7) is 3.11. The average molecular weight is 394 g/mol. The van der Waals surface area contributed by atoms with E-state index in [1.165, 1.54) is 0 Å². The van der Waals surface area contributed by atoms with Crippen LogP contribution in [0.25, 0.3) is 0 Å². The van der Waals surface area contributed by atoms with Crippen molar-refractivity contribution in [2.24, 2.45) is 0 Å². The van der Waals surface area contributed by atoms with Crippen molar-refractivity contribution in [1.82, 2.24) is 9.47 Å². The standard InChI is InChI=1S/C21H25F3N2O2/c1-14-11-18(15(2)26(14)13-21(22,23)24)20(27)12-25-10-4-5-19(25)16-6-8-17(28-3)9-7-16/h6-9,11,19H,4-5,10,12-13H2,1-3H3. The van der Waals surface area contributed by atoms with Gasteiger partial charge < -0.3 is 9.30 Å². The van der Waals surface area contributed by atoms with E-state index in [-0.39, 0.29) is 18.4 Å². The molecular formula is C21H25F3N2O2. The molecule has 7 heteroatoms. The minimum atomic E-state index is -4.32. The Morgan fingerprint density at radius 1 is 1.21 bits per heavy atom. The van der Waals surface area contributed by atoms with Crippen molar-refractivity contribution in [2.45, 2.75) is 45.5 Å². The van der Waals surface area contributed by atoms with Gasteiger partial charge in [0, 0.05) is 23.0 Å². The highest BCUT2D eigenvalue weighted by Gasteiger charge is 2.32. The van der Waals surface area contributed by atoms with Gasteiger partial charge in [-0.1, -0.05) is 12.1 Å². The number of aromatic nitrogens is 1. The lowest BCUT2D eigenvalue weighted by molar-refractivity contribution is -0.141. The summed E-state index contributed by atoms with van der Waals surface area (Å²) in [5.74, 6) is 0.642. The number of carbonyl (C=O) groups is 1. The number of ether oxygens (including phenoxy) is 1. The molecule has 152 valence electrons. The van der Waals surface area contributed by atoms with Gasteiger partial charge in [0.2, 0.25) is 0 Å². The summed E-state index contributed by atoms with van der Waals surface area (Å²) >= 11 is 0. The van der Waals surface area contributed by atoms with E-state index in [9.17, 15) is 18.0 Å². The number of aryl methyl sites for hydroxylation is 1. The van der Waals surface area contributed by atoms with Crippen molar-refractivity contribution >= 4 is 5.78 Å². The maximum absolute atomic E-state index is 12.9. The molecule has 3 rings (SSSR count). The van der Waals surface area contributed by atoms with Crippen LogP contribution in [-0.4, -0.2) is 41.6 Å². The molecular weight excluding hydrogens is 369 g/mol. The zero-order chi connectivity index (χ0) is 20.5. The van der Waals surface area contributed by atoms with Crippen LogP contribution in [-0.2, 0) is 6.54 Å². The van der Waals surface area contributed by atoms with Gasteiger partial charge in [-0.05, 0) is 57.0 Å². The van der Waals surface area contributed by atoms with Crippen LogP contribution in [0, 0.1) is 13.8 Å². The minimum Gasteiger partial charge on any atom is -0.497 e. The molecule has 0 spiro atoms. The first kappa shape index (κ1) is 20.5. The van der Waals surface area contributed by atoms with Crippen LogP contribution in [0.4, 0.5) is 13.2 Å². The summed E-state index contributed by atoms with van der Waals surface area (Å²) in [4.78, 5) is 15.0. The van der Waals surface area contributed by atoms with Gasteiger partial charge in [0.15, 0.2) is 5.78 Å². The van der Waals surface area contributed by atoms with E-state index in [1.807, 2.05) is 24.3 Å². The Kier molecular flexibility index (Phi) is 5.84. The molecule has 1 fully saturated rings. The smallest absolute Gasteiger partial charge is 0.406 e. The zero-order valence-electron chi connectivity index (χ0n) is 16.3. The molecule has 0 amide bonds. The number of nitrogens with zero attached hydrogens (tertiary/aromatic N) is 2. The molecule has 0 N–H and O–H groups in total. The number of alkyl halides is 3.